The average molecular weight is 582 g/mol. The van der Waals surface area contributed by atoms with Gasteiger partial charge in [0.15, 0.2) is 0 Å². The third-order valence-corrected chi connectivity index (χ3v) is 9.01. The van der Waals surface area contributed by atoms with Gasteiger partial charge < -0.3 is 5.11 Å². The molecule has 1 aliphatic carbocycles. The number of alkyl halides is 3. The number of hydrogen-bond acceptors (Lipinski definition) is 4. The standard InChI is InChI=1S/C32H38F3N5O2/c1-21-6-5-11-37(16-21)18-23-14-27(32(33,34)35)28-20-39(31(42)40(28)19-23)26-10-4-9-25(15-26)29(24-7-3-8-24)30-22(2)17-38(36-30)12-13-41/h4,9-10,14-15,17,19-21,24,29,41H,3,5-8,11-13,16,18H2,1-2H3/t21-,29?/m0/s1. The average Bonchev–Trinajstić information content (AvgIpc) is 3.44. The maximum Gasteiger partial charge on any atom is 0.418 e. The van der Waals surface area contributed by atoms with E-state index in [9.17, 15) is 23.1 Å². The Hall–Kier alpha value is -3.37. The molecule has 1 unspecified atom stereocenters. The smallest absolute Gasteiger partial charge is 0.394 e. The van der Waals surface area contributed by atoms with Crippen molar-refractivity contribution in [2.75, 3.05) is 19.7 Å². The van der Waals surface area contributed by atoms with Crippen LogP contribution in [0.5, 0.6) is 0 Å². The Kier molecular flexibility index (Phi) is 7.78. The molecule has 3 aromatic heterocycles. The summed E-state index contributed by atoms with van der Waals surface area (Å²) < 4.78 is 47.2. The molecule has 1 saturated carbocycles. The van der Waals surface area contributed by atoms with E-state index in [1.807, 2.05) is 31.3 Å². The predicted molar refractivity (Wildman–Crippen MR) is 155 cm³/mol. The molecule has 7 nitrogen and oxygen atoms in total. The lowest BCUT2D eigenvalue weighted by atomic mass is 9.71. The number of rotatable bonds is 8. The molecule has 2 fully saturated rings. The summed E-state index contributed by atoms with van der Waals surface area (Å²) in [5, 5.41) is 14.2. The fourth-order valence-electron chi connectivity index (χ4n) is 6.79. The second-order valence-electron chi connectivity index (χ2n) is 12.2. The first kappa shape index (κ1) is 28.7. The molecular weight excluding hydrogens is 543 g/mol. The van der Waals surface area contributed by atoms with Crippen molar-refractivity contribution in [2.45, 2.75) is 71.1 Å². The minimum Gasteiger partial charge on any atom is -0.394 e. The van der Waals surface area contributed by atoms with Crippen LogP contribution in [0.1, 0.15) is 72.9 Å². The van der Waals surface area contributed by atoms with Gasteiger partial charge in [0.2, 0.25) is 0 Å². The zero-order chi connectivity index (χ0) is 29.6. The summed E-state index contributed by atoms with van der Waals surface area (Å²) in [6, 6.07) is 8.75. The summed E-state index contributed by atoms with van der Waals surface area (Å²) in [4.78, 5) is 15.9. The molecule has 10 heteroatoms. The number of halogens is 3. The van der Waals surface area contributed by atoms with Gasteiger partial charge in [0.25, 0.3) is 0 Å². The van der Waals surface area contributed by atoms with E-state index >= 15 is 0 Å². The summed E-state index contributed by atoms with van der Waals surface area (Å²) in [6.45, 7) is 6.62. The number of hydrogen-bond donors (Lipinski definition) is 1. The van der Waals surface area contributed by atoms with Crippen molar-refractivity contribution < 1.29 is 18.3 Å². The molecule has 2 aliphatic rings. The number of imidazole rings is 1. The lowest BCUT2D eigenvalue weighted by Crippen LogP contribution is -2.34. The maximum atomic E-state index is 14.3. The molecule has 42 heavy (non-hydrogen) atoms. The van der Waals surface area contributed by atoms with Crippen molar-refractivity contribution >= 4 is 5.52 Å². The first-order chi connectivity index (χ1) is 20.1. The maximum absolute atomic E-state index is 14.3. The molecule has 1 N–H and O–H groups in total. The molecule has 2 atom stereocenters. The summed E-state index contributed by atoms with van der Waals surface area (Å²) in [5.74, 6) is 0.880. The van der Waals surface area contributed by atoms with Gasteiger partial charge in [0.05, 0.1) is 35.6 Å². The van der Waals surface area contributed by atoms with E-state index in [1.165, 1.54) is 16.8 Å². The van der Waals surface area contributed by atoms with E-state index < -0.39 is 17.4 Å². The SMILES string of the molecule is Cc1cn(CCO)nc1C(c1cccc(-n2cc3c(C(F)(F)F)cc(CN4CCC[C@H](C)C4)cn3c2=O)c1)C1CCC1. The Bertz CT molecular complexity index is 1630. The highest BCUT2D eigenvalue weighted by Crippen LogP contribution is 2.44. The highest BCUT2D eigenvalue weighted by atomic mass is 19.4. The number of aromatic nitrogens is 4. The summed E-state index contributed by atoms with van der Waals surface area (Å²) in [5.41, 5.74) is 2.49. The Morgan fingerprint density at radius 2 is 1.90 bits per heavy atom. The number of nitrogens with zero attached hydrogens (tertiary/aromatic N) is 5. The fraction of sp³-hybridized carbons (Fsp3) is 0.500. The molecule has 4 aromatic rings. The Morgan fingerprint density at radius 3 is 2.60 bits per heavy atom. The summed E-state index contributed by atoms with van der Waals surface area (Å²) in [6.07, 6.45) is 5.62. The Labute approximate surface area is 243 Å². The first-order valence-electron chi connectivity index (χ1n) is 14.9. The van der Waals surface area contributed by atoms with Gasteiger partial charge in [-0.05, 0) is 85.9 Å². The number of aliphatic hydroxyl groups is 1. The minimum atomic E-state index is -4.60. The molecule has 0 amide bonds. The normalized spacial score (nSPS) is 19.3. The zero-order valence-electron chi connectivity index (χ0n) is 24.1. The predicted octanol–water partition coefficient (Wildman–Crippen LogP) is 5.77. The monoisotopic (exact) mass is 581 g/mol. The van der Waals surface area contributed by atoms with Gasteiger partial charge in [-0.3, -0.25) is 18.5 Å². The first-order valence-corrected chi connectivity index (χ1v) is 14.9. The molecule has 1 aromatic carbocycles. The van der Waals surface area contributed by atoms with Crippen molar-refractivity contribution in [2.24, 2.45) is 11.8 Å². The highest BCUT2D eigenvalue weighted by Gasteiger charge is 2.35. The van der Waals surface area contributed by atoms with Crippen LogP contribution in [-0.4, -0.2) is 48.5 Å². The molecule has 0 radical (unpaired) electrons. The minimum absolute atomic E-state index is 0.00403. The van der Waals surface area contributed by atoms with Gasteiger partial charge >= 0.3 is 11.9 Å². The van der Waals surface area contributed by atoms with E-state index in [1.54, 1.807) is 16.9 Å². The Morgan fingerprint density at radius 1 is 1.10 bits per heavy atom. The summed E-state index contributed by atoms with van der Waals surface area (Å²) in [7, 11) is 0. The molecule has 1 saturated heterocycles. The molecule has 6 rings (SSSR count). The van der Waals surface area contributed by atoms with Crippen LogP contribution in [-0.2, 0) is 19.3 Å². The molecule has 224 valence electrons. The van der Waals surface area contributed by atoms with Crippen molar-refractivity contribution in [1.82, 2.24) is 23.6 Å². The van der Waals surface area contributed by atoms with Crippen LogP contribution in [0.3, 0.4) is 0 Å². The molecule has 0 spiro atoms. The van der Waals surface area contributed by atoms with Crippen LogP contribution in [0.15, 0.2) is 53.7 Å². The zero-order valence-corrected chi connectivity index (χ0v) is 24.1. The van der Waals surface area contributed by atoms with Gasteiger partial charge in [-0.15, -0.1) is 0 Å². The molecular formula is C32H38F3N5O2. The van der Waals surface area contributed by atoms with Crippen molar-refractivity contribution in [3.8, 4) is 5.69 Å². The largest absolute Gasteiger partial charge is 0.418 e. The van der Waals surface area contributed by atoms with Gasteiger partial charge in [-0.2, -0.15) is 18.3 Å². The fourth-order valence-corrected chi connectivity index (χ4v) is 6.79. The molecule has 4 heterocycles. The van der Waals surface area contributed by atoms with Crippen molar-refractivity contribution in [3.05, 3.63) is 87.4 Å². The summed E-state index contributed by atoms with van der Waals surface area (Å²) >= 11 is 0. The van der Waals surface area contributed by atoms with E-state index in [0.717, 1.165) is 66.4 Å². The number of benzene rings is 1. The third kappa shape index (κ3) is 5.54. The number of aliphatic hydroxyl groups excluding tert-OH is 1. The molecule has 0 bridgehead atoms. The van der Waals surface area contributed by atoms with Crippen LogP contribution in [0.4, 0.5) is 13.2 Å². The Balaban J connectivity index is 1.41. The van der Waals surface area contributed by atoms with Crippen molar-refractivity contribution in [3.63, 3.8) is 0 Å². The lowest BCUT2D eigenvalue weighted by molar-refractivity contribution is -0.136. The quantitative estimate of drug-likeness (QED) is 0.287. The number of piperidine rings is 1. The molecule has 1 aliphatic heterocycles. The second-order valence-corrected chi connectivity index (χ2v) is 12.2. The number of likely N-dealkylation sites (tertiary alicyclic amines) is 1. The van der Waals surface area contributed by atoms with Gasteiger partial charge in [0.1, 0.15) is 0 Å². The van der Waals surface area contributed by atoms with Crippen LogP contribution >= 0.6 is 0 Å². The van der Waals surface area contributed by atoms with E-state index in [4.69, 9.17) is 5.10 Å². The second kappa shape index (κ2) is 11.4. The number of fused-ring (bicyclic) bond motifs is 1. The number of aryl methyl sites for hydroxylation is 1. The van der Waals surface area contributed by atoms with Crippen LogP contribution in [0.2, 0.25) is 0 Å². The third-order valence-electron chi connectivity index (χ3n) is 9.01. The number of pyridine rings is 1. The van der Waals surface area contributed by atoms with Gasteiger partial charge in [0, 0.05) is 37.6 Å². The van der Waals surface area contributed by atoms with Crippen LogP contribution in [0, 0.1) is 18.8 Å². The highest BCUT2D eigenvalue weighted by molar-refractivity contribution is 5.58. The van der Waals surface area contributed by atoms with Crippen LogP contribution in [0.25, 0.3) is 11.2 Å². The van der Waals surface area contributed by atoms with Crippen molar-refractivity contribution in [1.29, 1.82) is 0 Å². The van der Waals surface area contributed by atoms with Crippen LogP contribution < -0.4 is 5.69 Å². The van der Waals surface area contributed by atoms with Gasteiger partial charge in [-0.25, -0.2) is 4.79 Å². The van der Waals surface area contributed by atoms with E-state index in [2.05, 4.69) is 11.8 Å². The lowest BCUT2D eigenvalue weighted by Gasteiger charge is -2.34. The van der Waals surface area contributed by atoms with E-state index in [-0.39, 0.29) is 18.0 Å². The van der Waals surface area contributed by atoms with E-state index in [0.29, 0.717) is 36.2 Å². The topological polar surface area (TPSA) is 67.7 Å². The van der Waals surface area contributed by atoms with Gasteiger partial charge in [-0.1, -0.05) is 25.5 Å².